The van der Waals surface area contributed by atoms with E-state index in [2.05, 4.69) is 10.3 Å². The Labute approximate surface area is 212 Å². The van der Waals surface area contributed by atoms with Crippen molar-refractivity contribution in [3.05, 3.63) is 64.2 Å². The number of methoxy groups -OCH3 is 3. The van der Waals surface area contributed by atoms with Crippen LogP contribution in [0.2, 0.25) is 0 Å². The molecule has 3 atom stereocenters. The molecule has 0 saturated carbocycles. The average Bonchev–Trinajstić information content (AvgIpc) is 3.55. The minimum Gasteiger partial charge on any atom is -0.467 e. The summed E-state index contributed by atoms with van der Waals surface area (Å²) in [5.74, 6) is -1.87. The lowest BCUT2D eigenvalue weighted by atomic mass is 9.69. The predicted molar refractivity (Wildman–Crippen MR) is 129 cm³/mol. The standard InChI is InChI=1S/C26H25N3O8/c1-12-10-14(13(2)37-12)21(30)29-17(22(31)34-3)11-26-15-8-6-7-9-16(15)27-20(26)18(23(32)35-4)19(24(33)36-5)28-25(26)29/h6-10,17,20,27H,11H2,1-5H3/t17?,20?,26-/m0/s1. The summed E-state index contributed by atoms with van der Waals surface area (Å²) in [6, 6.07) is 6.88. The van der Waals surface area contributed by atoms with Crippen molar-refractivity contribution >= 4 is 35.3 Å². The van der Waals surface area contributed by atoms with Crippen LogP contribution in [0.3, 0.4) is 0 Å². The van der Waals surface area contributed by atoms with Crippen LogP contribution < -0.4 is 5.32 Å². The zero-order valence-electron chi connectivity index (χ0n) is 20.9. The number of likely N-dealkylation sites (tertiary alicyclic amines) is 1. The number of benzene rings is 1. The number of furan rings is 1. The Kier molecular flexibility index (Phi) is 5.65. The second-order valence-corrected chi connectivity index (χ2v) is 9.02. The van der Waals surface area contributed by atoms with Gasteiger partial charge in [0.2, 0.25) is 0 Å². The summed E-state index contributed by atoms with van der Waals surface area (Å²) in [4.78, 5) is 58.9. The van der Waals surface area contributed by atoms with Gasteiger partial charge in [-0.2, -0.15) is 0 Å². The van der Waals surface area contributed by atoms with Gasteiger partial charge < -0.3 is 23.9 Å². The molecule has 1 saturated heterocycles. The van der Waals surface area contributed by atoms with Gasteiger partial charge in [-0.15, -0.1) is 0 Å². The number of amides is 1. The molecule has 3 aliphatic rings. The Hall–Kier alpha value is -4.41. The summed E-state index contributed by atoms with van der Waals surface area (Å²) < 4.78 is 20.6. The van der Waals surface area contributed by atoms with Gasteiger partial charge >= 0.3 is 17.9 Å². The highest BCUT2D eigenvalue weighted by atomic mass is 16.5. The number of aryl methyl sites for hydroxylation is 2. The fourth-order valence-corrected chi connectivity index (χ4v) is 5.65. The van der Waals surface area contributed by atoms with Gasteiger partial charge in [-0.3, -0.25) is 9.69 Å². The highest BCUT2D eigenvalue weighted by molar-refractivity contribution is 6.19. The Bertz CT molecular complexity index is 1420. The number of hydrogen-bond donors (Lipinski definition) is 1. The Morgan fingerprint density at radius 2 is 1.76 bits per heavy atom. The molecule has 11 heteroatoms. The molecule has 1 spiro atoms. The number of aliphatic imine (C=N–C) groups is 1. The molecule has 4 heterocycles. The van der Waals surface area contributed by atoms with Crippen LogP contribution in [0.15, 0.2) is 51.0 Å². The van der Waals surface area contributed by atoms with Gasteiger partial charge in [-0.05, 0) is 38.0 Å². The molecule has 1 aromatic carbocycles. The van der Waals surface area contributed by atoms with Gasteiger partial charge in [0.05, 0.1) is 43.9 Å². The molecule has 1 N–H and O–H groups in total. The highest BCUT2D eigenvalue weighted by Crippen LogP contribution is 2.55. The van der Waals surface area contributed by atoms with Crippen molar-refractivity contribution in [2.75, 3.05) is 26.6 Å². The molecule has 2 aromatic rings. The first-order chi connectivity index (χ1) is 17.7. The van der Waals surface area contributed by atoms with E-state index in [4.69, 9.17) is 18.6 Å². The molecule has 3 aliphatic heterocycles. The summed E-state index contributed by atoms with van der Waals surface area (Å²) >= 11 is 0. The molecule has 1 fully saturated rings. The van der Waals surface area contributed by atoms with Crippen LogP contribution in [-0.2, 0) is 34.0 Å². The van der Waals surface area contributed by atoms with E-state index in [1.807, 2.05) is 24.3 Å². The third-order valence-electron chi connectivity index (χ3n) is 7.16. The molecule has 11 nitrogen and oxygen atoms in total. The number of para-hydroxylation sites is 1. The quantitative estimate of drug-likeness (QED) is 0.487. The maximum Gasteiger partial charge on any atom is 0.357 e. The van der Waals surface area contributed by atoms with Crippen molar-refractivity contribution in [3.8, 4) is 0 Å². The average molecular weight is 507 g/mol. The van der Waals surface area contributed by atoms with E-state index in [1.54, 1.807) is 19.9 Å². The number of nitrogens with one attached hydrogen (secondary N) is 1. The number of nitrogens with zero attached hydrogens (tertiary/aromatic N) is 2. The summed E-state index contributed by atoms with van der Waals surface area (Å²) in [6.07, 6.45) is 0.0454. The fourth-order valence-electron chi connectivity index (χ4n) is 5.65. The number of carbonyl (C=O) groups excluding carboxylic acids is 4. The lowest BCUT2D eigenvalue weighted by Gasteiger charge is -2.37. The van der Waals surface area contributed by atoms with E-state index in [1.165, 1.54) is 19.1 Å². The molecule has 0 radical (unpaired) electrons. The van der Waals surface area contributed by atoms with Crippen LogP contribution in [0.4, 0.5) is 5.69 Å². The van der Waals surface area contributed by atoms with Crippen molar-refractivity contribution in [2.45, 2.75) is 37.8 Å². The molecule has 1 amide bonds. The molecule has 2 unspecified atom stereocenters. The van der Waals surface area contributed by atoms with Crippen molar-refractivity contribution in [3.63, 3.8) is 0 Å². The van der Waals surface area contributed by atoms with Crippen molar-refractivity contribution in [1.29, 1.82) is 0 Å². The van der Waals surface area contributed by atoms with Crippen LogP contribution >= 0.6 is 0 Å². The molecule has 5 rings (SSSR count). The second-order valence-electron chi connectivity index (χ2n) is 9.02. The molecule has 0 bridgehead atoms. The van der Waals surface area contributed by atoms with Crippen LogP contribution in [0, 0.1) is 13.8 Å². The molecule has 192 valence electrons. The topological polar surface area (TPSA) is 137 Å². The predicted octanol–water partition coefficient (Wildman–Crippen LogP) is 2.03. The second kappa shape index (κ2) is 8.61. The van der Waals surface area contributed by atoms with Crippen molar-refractivity contribution in [1.82, 2.24) is 4.90 Å². The number of rotatable bonds is 4. The Morgan fingerprint density at radius 3 is 2.38 bits per heavy atom. The van der Waals surface area contributed by atoms with E-state index in [-0.39, 0.29) is 29.1 Å². The van der Waals surface area contributed by atoms with E-state index in [9.17, 15) is 19.2 Å². The van der Waals surface area contributed by atoms with Crippen LogP contribution in [0.1, 0.15) is 33.9 Å². The van der Waals surface area contributed by atoms with Gasteiger partial charge in [0.1, 0.15) is 23.4 Å². The van der Waals surface area contributed by atoms with E-state index >= 15 is 0 Å². The zero-order valence-corrected chi connectivity index (χ0v) is 20.9. The summed E-state index contributed by atoms with van der Waals surface area (Å²) in [5, 5.41) is 3.31. The van der Waals surface area contributed by atoms with Crippen LogP contribution in [0.25, 0.3) is 0 Å². The first-order valence-corrected chi connectivity index (χ1v) is 11.5. The van der Waals surface area contributed by atoms with Gasteiger partial charge in [0, 0.05) is 5.69 Å². The van der Waals surface area contributed by atoms with E-state index in [0.29, 0.717) is 22.8 Å². The molecule has 0 aliphatic carbocycles. The number of carbonyl (C=O) groups is 4. The maximum absolute atomic E-state index is 14.0. The number of amidine groups is 1. The number of hydrogen-bond acceptors (Lipinski definition) is 10. The summed E-state index contributed by atoms with van der Waals surface area (Å²) in [7, 11) is 3.59. The SMILES string of the molecule is COC(=O)C1=C(C(=O)OC)C2Nc3ccccc3[C@@]23CC(C(=O)OC)N(C(=O)c2cc(C)oc2C)C3=N1. The Balaban J connectivity index is 1.82. The highest BCUT2D eigenvalue weighted by Gasteiger charge is 2.66. The Morgan fingerprint density at radius 1 is 1.05 bits per heavy atom. The fraction of sp³-hybridized carbons (Fsp3) is 0.346. The van der Waals surface area contributed by atoms with Crippen LogP contribution in [0.5, 0.6) is 0 Å². The van der Waals surface area contributed by atoms with Gasteiger partial charge in [0.25, 0.3) is 5.91 Å². The van der Waals surface area contributed by atoms with Crippen molar-refractivity contribution in [2.24, 2.45) is 4.99 Å². The van der Waals surface area contributed by atoms with E-state index in [0.717, 1.165) is 7.11 Å². The third kappa shape index (κ3) is 3.30. The lowest BCUT2D eigenvalue weighted by Crippen LogP contribution is -2.53. The summed E-state index contributed by atoms with van der Waals surface area (Å²) in [5.41, 5.74) is 0.0913. The monoisotopic (exact) mass is 507 g/mol. The smallest absolute Gasteiger partial charge is 0.357 e. The number of anilines is 1. The normalized spacial score (nSPS) is 23.4. The zero-order chi connectivity index (χ0) is 26.6. The van der Waals surface area contributed by atoms with Crippen molar-refractivity contribution < 1.29 is 37.8 Å². The number of esters is 3. The molecular weight excluding hydrogens is 482 g/mol. The first-order valence-electron chi connectivity index (χ1n) is 11.5. The first kappa shape index (κ1) is 24.3. The summed E-state index contributed by atoms with van der Waals surface area (Å²) in [6.45, 7) is 3.35. The number of fused-ring (bicyclic) bond motifs is 1. The van der Waals surface area contributed by atoms with Crippen LogP contribution in [-0.4, -0.2) is 68.0 Å². The minimum absolute atomic E-state index is 0.0454. The van der Waals surface area contributed by atoms with E-state index < -0.39 is 41.3 Å². The number of ether oxygens (including phenoxy) is 3. The molecular formula is C26H25N3O8. The van der Waals surface area contributed by atoms with Gasteiger partial charge in [-0.1, -0.05) is 18.2 Å². The van der Waals surface area contributed by atoms with Gasteiger partial charge in [-0.25, -0.2) is 19.4 Å². The minimum atomic E-state index is -1.17. The maximum atomic E-state index is 14.0. The molecule has 1 aromatic heterocycles. The van der Waals surface area contributed by atoms with Gasteiger partial charge in [0.15, 0.2) is 5.70 Å². The third-order valence-corrected chi connectivity index (χ3v) is 7.16. The lowest BCUT2D eigenvalue weighted by molar-refractivity contribution is -0.144. The molecule has 37 heavy (non-hydrogen) atoms. The largest absolute Gasteiger partial charge is 0.467 e.